The van der Waals surface area contributed by atoms with Crippen molar-refractivity contribution in [2.75, 3.05) is 33.7 Å². The third-order valence-electron chi connectivity index (χ3n) is 2.56. The van der Waals surface area contributed by atoms with Crippen LogP contribution in [0.4, 0.5) is 0 Å². The molecule has 1 N–H and O–H groups in total. The van der Waals surface area contributed by atoms with Gasteiger partial charge in [0.05, 0.1) is 0 Å². The van der Waals surface area contributed by atoms with Crippen molar-refractivity contribution in [2.24, 2.45) is 5.92 Å². The molecule has 0 aliphatic rings. The number of likely N-dealkylation sites (N-methyl/N-ethyl adjacent to an activating group) is 1. The number of nitrogens with zero attached hydrogens (tertiary/aromatic N) is 1. The van der Waals surface area contributed by atoms with Gasteiger partial charge in [-0.25, -0.2) is 0 Å². The summed E-state index contributed by atoms with van der Waals surface area (Å²) >= 11 is 0. The minimum atomic E-state index is 0.896. The van der Waals surface area contributed by atoms with Crippen LogP contribution in [0, 0.1) is 5.92 Å². The summed E-state index contributed by atoms with van der Waals surface area (Å²) < 4.78 is 0. The molecule has 0 saturated heterocycles. The van der Waals surface area contributed by atoms with Crippen LogP contribution < -0.4 is 5.32 Å². The molecule has 0 saturated carbocycles. The molecule has 14 heavy (non-hydrogen) atoms. The average molecular weight is 200 g/mol. The van der Waals surface area contributed by atoms with Crippen LogP contribution >= 0.6 is 0 Å². The first-order valence-corrected chi connectivity index (χ1v) is 6.06. The molecule has 0 aromatic rings. The van der Waals surface area contributed by atoms with Crippen molar-refractivity contribution in [3.8, 4) is 0 Å². The Morgan fingerprint density at radius 2 is 1.64 bits per heavy atom. The van der Waals surface area contributed by atoms with Crippen LogP contribution in [0.3, 0.4) is 0 Å². The van der Waals surface area contributed by atoms with Crippen molar-refractivity contribution in [2.45, 2.75) is 39.5 Å². The molecule has 0 spiro atoms. The van der Waals surface area contributed by atoms with Crippen molar-refractivity contribution in [3.05, 3.63) is 0 Å². The number of rotatable bonds is 9. The normalized spacial score (nSPS) is 11.6. The summed E-state index contributed by atoms with van der Waals surface area (Å²) in [4.78, 5) is 2.22. The van der Waals surface area contributed by atoms with Gasteiger partial charge in [0, 0.05) is 13.1 Å². The molecule has 0 heterocycles. The predicted octanol–water partition coefficient (Wildman–Crippen LogP) is 2.35. The standard InChI is InChI=1S/C12H28N2/c1-5-7-12(8-6-2)11-13-9-10-14(3)4/h12-13H,5-11H2,1-4H3. The molecule has 0 rings (SSSR count). The first kappa shape index (κ1) is 13.9. The Hall–Kier alpha value is -0.0800. The van der Waals surface area contributed by atoms with Gasteiger partial charge in [-0.2, -0.15) is 0 Å². The van der Waals surface area contributed by atoms with E-state index < -0.39 is 0 Å². The largest absolute Gasteiger partial charge is 0.315 e. The lowest BCUT2D eigenvalue weighted by atomic mass is 9.98. The van der Waals surface area contributed by atoms with Crippen LogP contribution in [0.5, 0.6) is 0 Å². The highest BCUT2D eigenvalue weighted by Gasteiger charge is 2.05. The average Bonchev–Trinajstić information content (AvgIpc) is 2.12. The summed E-state index contributed by atoms with van der Waals surface area (Å²) in [7, 11) is 4.24. The molecule has 2 nitrogen and oxygen atoms in total. The van der Waals surface area contributed by atoms with Crippen LogP contribution in [0.25, 0.3) is 0 Å². The Bertz CT molecular complexity index is 107. The van der Waals surface area contributed by atoms with Crippen LogP contribution in [0.15, 0.2) is 0 Å². The summed E-state index contributed by atoms with van der Waals surface area (Å²) in [5.74, 6) is 0.896. The Balaban J connectivity index is 3.40. The molecule has 0 aromatic carbocycles. The second-order valence-corrected chi connectivity index (χ2v) is 4.45. The van der Waals surface area contributed by atoms with Crippen LogP contribution in [0.1, 0.15) is 39.5 Å². The smallest absolute Gasteiger partial charge is 0.0101 e. The molecule has 0 bridgehead atoms. The number of nitrogens with one attached hydrogen (secondary N) is 1. The molecule has 0 fully saturated rings. The maximum absolute atomic E-state index is 3.54. The summed E-state index contributed by atoms with van der Waals surface area (Å²) in [6, 6.07) is 0. The fourth-order valence-electron chi connectivity index (χ4n) is 1.77. The predicted molar refractivity (Wildman–Crippen MR) is 64.7 cm³/mol. The molecule has 0 radical (unpaired) electrons. The van der Waals surface area contributed by atoms with Crippen molar-refractivity contribution in [3.63, 3.8) is 0 Å². The van der Waals surface area contributed by atoms with Gasteiger partial charge in [-0.3, -0.25) is 0 Å². The zero-order valence-electron chi connectivity index (χ0n) is 10.5. The Labute approximate surface area is 90.1 Å². The highest BCUT2D eigenvalue weighted by molar-refractivity contribution is 4.62. The third-order valence-corrected chi connectivity index (χ3v) is 2.56. The molecular weight excluding hydrogens is 172 g/mol. The van der Waals surface area contributed by atoms with Crippen molar-refractivity contribution >= 4 is 0 Å². The minimum absolute atomic E-state index is 0.896. The zero-order valence-corrected chi connectivity index (χ0v) is 10.5. The van der Waals surface area contributed by atoms with Gasteiger partial charge in [0.25, 0.3) is 0 Å². The third kappa shape index (κ3) is 8.52. The van der Waals surface area contributed by atoms with Crippen molar-refractivity contribution < 1.29 is 0 Å². The molecule has 0 amide bonds. The van der Waals surface area contributed by atoms with Gasteiger partial charge in [0.15, 0.2) is 0 Å². The zero-order chi connectivity index (χ0) is 10.8. The fraction of sp³-hybridized carbons (Fsp3) is 1.00. The van der Waals surface area contributed by atoms with Crippen molar-refractivity contribution in [1.82, 2.24) is 10.2 Å². The van der Waals surface area contributed by atoms with Gasteiger partial charge in [-0.15, -0.1) is 0 Å². The molecule has 0 aliphatic carbocycles. The first-order valence-electron chi connectivity index (χ1n) is 6.06. The highest BCUT2D eigenvalue weighted by Crippen LogP contribution is 2.11. The first-order chi connectivity index (χ1) is 6.70. The Morgan fingerprint density at radius 1 is 1.07 bits per heavy atom. The second-order valence-electron chi connectivity index (χ2n) is 4.45. The summed E-state index contributed by atoms with van der Waals surface area (Å²) in [5, 5.41) is 3.54. The van der Waals surface area contributed by atoms with Crippen molar-refractivity contribution in [1.29, 1.82) is 0 Å². The fourth-order valence-corrected chi connectivity index (χ4v) is 1.77. The molecule has 0 unspecified atom stereocenters. The summed E-state index contributed by atoms with van der Waals surface area (Å²) in [6.07, 6.45) is 5.39. The SMILES string of the molecule is CCCC(CCC)CNCCN(C)C. The van der Waals surface area contributed by atoms with E-state index in [9.17, 15) is 0 Å². The lowest BCUT2D eigenvalue weighted by Crippen LogP contribution is -2.30. The second kappa shape index (κ2) is 9.47. The molecule has 0 aliphatic heterocycles. The van der Waals surface area contributed by atoms with Gasteiger partial charge in [-0.1, -0.05) is 26.7 Å². The van der Waals surface area contributed by atoms with Gasteiger partial charge in [0.2, 0.25) is 0 Å². The molecule has 2 heteroatoms. The molecular formula is C12H28N2. The van der Waals surface area contributed by atoms with Gasteiger partial charge in [-0.05, 0) is 39.4 Å². The topological polar surface area (TPSA) is 15.3 Å². The Morgan fingerprint density at radius 3 is 2.07 bits per heavy atom. The van der Waals surface area contributed by atoms with Crippen LogP contribution in [-0.4, -0.2) is 38.6 Å². The summed E-state index contributed by atoms with van der Waals surface area (Å²) in [5.41, 5.74) is 0. The van der Waals surface area contributed by atoms with E-state index in [-0.39, 0.29) is 0 Å². The lowest BCUT2D eigenvalue weighted by molar-refractivity contribution is 0.369. The minimum Gasteiger partial charge on any atom is -0.315 e. The van der Waals surface area contributed by atoms with Crippen LogP contribution in [0.2, 0.25) is 0 Å². The van der Waals surface area contributed by atoms with E-state index in [1.54, 1.807) is 0 Å². The summed E-state index contributed by atoms with van der Waals surface area (Å²) in [6.45, 7) is 8.03. The van der Waals surface area contributed by atoms with E-state index in [0.717, 1.165) is 19.0 Å². The number of hydrogen-bond donors (Lipinski definition) is 1. The van der Waals surface area contributed by atoms with Gasteiger partial charge < -0.3 is 10.2 Å². The lowest BCUT2D eigenvalue weighted by Gasteiger charge is -2.17. The maximum atomic E-state index is 3.54. The highest BCUT2D eigenvalue weighted by atomic mass is 15.1. The number of hydrogen-bond acceptors (Lipinski definition) is 2. The van der Waals surface area contributed by atoms with E-state index in [1.165, 1.54) is 32.2 Å². The molecule has 86 valence electrons. The maximum Gasteiger partial charge on any atom is 0.0101 e. The van der Waals surface area contributed by atoms with Crippen LogP contribution in [-0.2, 0) is 0 Å². The van der Waals surface area contributed by atoms with E-state index >= 15 is 0 Å². The molecule has 0 atom stereocenters. The van der Waals surface area contributed by atoms with E-state index in [4.69, 9.17) is 0 Å². The van der Waals surface area contributed by atoms with E-state index in [0.29, 0.717) is 0 Å². The molecule has 0 aromatic heterocycles. The monoisotopic (exact) mass is 200 g/mol. The quantitative estimate of drug-likeness (QED) is 0.575. The van der Waals surface area contributed by atoms with Gasteiger partial charge in [0.1, 0.15) is 0 Å². The van der Waals surface area contributed by atoms with E-state index in [1.807, 2.05) is 0 Å². The van der Waals surface area contributed by atoms with E-state index in [2.05, 4.69) is 38.2 Å². The Kier molecular flexibility index (Phi) is 9.42. The van der Waals surface area contributed by atoms with Gasteiger partial charge >= 0.3 is 0 Å².